The Morgan fingerprint density at radius 2 is 1.20 bits per heavy atom. The van der Waals surface area contributed by atoms with Crippen molar-refractivity contribution in [2.24, 2.45) is 0 Å². The van der Waals surface area contributed by atoms with Crippen LogP contribution in [0.3, 0.4) is 0 Å². The van der Waals surface area contributed by atoms with Crippen LogP contribution in [-0.2, 0) is 0 Å². The average molecular weight is 387 g/mol. The van der Waals surface area contributed by atoms with Gasteiger partial charge in [0.2, 0.25) is 0 Å². The van der Waals surface area contributed by atoms with Crippen molar-refractivity contribution in [3.8, 4) is 33.8 Å². The van der Waals surface area contributed by atoms with Crippen molar-refractivity contribution >= 4 is 15.9 Å². The summed E-state index contributed by atoms with van der Waals surface area (Å²) in [4.78, 5) is 9.50. The van der Waals surface area contributed by atoms with E-state index in [0.29, 0.717) is 0 Å². The van der Waals surface area contributed by atoms with Gasteiger partial charge in [0.05, 0.1) is 5.69 Å². The van der Waals surface area contributed by atoms with Crippen LogP contribution in [0.4, 0.5) is 0 Å². The summed E-state index contributed by atoms with van der Waals surface area (Å²) in [5.74, 6) is 0.736. The zero-order chi connectivity index (χ0) is 17.1. The minimum Gasteiger partial charge on any atom is -0.236 e. The molecule has 1 aromatic heterocycles. The molecule has 2 nitrogen and oxygen atoms in total. The first-order valence-corrected chi connectivity index (χ1v) is 8.84. The molecule has 0 radical (unpaired) electrons. The third kappa shape index (κ3) is 3.37. The fourth-order valence-electron chi connectivity index (χ4n) is 2.76. The van der Waals surface area contributed by atoms with Crippen molar-refractivity contribution < 1.29 is 0 Å². The van der Waals surface area contributed by atoms with Crippen molar-refractivity contribution in [3.63, 3.8) is 0 Å². The second-order valence-electron chi connectivity index (χ2n) is 5.69. The number of halogens is 1. The van der Waals surface area contributed by atoms with Crippen LogP contribution in [0.15, 0.2) is 95.6 Å². The van der Waals surface area contributed by atoms with Gasteiger partial charge in [0.15, 0.2) is 5.82 Å². The molecule has 0 fully saturated rings. The summed E-state index contributed by atoms with van der Waals surface area (Å²) < 4.78 is 1.05. The molecule has 1 heterocycles. The summed E-state index contributed by atoms with van der Waals surface area (Å²) >= 11 is 3.49. The minimum absolute atomic E-state index is 0.736. The van der Waals surface area contributed by atoms with Gasteiger partial charge in [-0.3, -0.25) is 0 Å². The van der Waals surface area contributed by atoms with E-state index in [1.807, 2.05) is 66.9 Å². The molecule has 0 aliphatic carbocycles. The molecule has 0 unspecified atom stereocenters. The maximum Gasteiger partial charge on any atom is 0.159 e. The van der Waals surface area contributed by atoms with E-state index in [0.717, 1.165) is 38.2 Å². The van der Waals surface area contributed by atoms with Gasteiger partial charge in [0.25, 0.3) is 0 Å². The van der Waals surface area contributed by atoms with Crippen molar-refractivity contribution in [1.29, 1.82) is 0 Å². The summed E-state index contributed by atoms with van der Waals surface area (Å²) in [6.07, 6.45) is 1.92. The summed E-state index contributed by atoms with van der Waals surface area (Å²) in [7, 11) is 0. The Kier molecular flexibility index (Phi) is 4.40. The molecule has 0 saturated heterocycles. The Morgan fingerprint density at radius 1 is 0.600 bits per heavy atom. The highest BCUT2D eigenvalue weighted by molar-refractivity contribution is 9.10. The van der Waals surface area contributed by atoms with Crippen LogP contribution in [0.1, 0.15) is 0 Å². The van der Waals surface area contributed by atoms with Crippen LogP contribution >= 0.6 is 15.9 Å². The first kappa shape index (κ1) is 15.7. The number of hydrogen-bond acceptors (Lipinski definition) is 2. The number of nitrogens with zero attached hydrogens (tertiary/aromatic N) is 2. The van der Waals surface area contributed by atoms with Gasteiger partial charge in [-0.05, 0) is 17.7 Å². The van der Waals surface area contributed by atoms with Gasteiger partial charge < -0.3 is 0 Å². The van der Waals surface area contributed by atoms with Crippen molar-refractivity contribution in [1.82, 2.24) is 9.97 Å². The molecule has 0 saturated carbocycles. The third-order valence-electron chi connectivity index (χ3n) is 4.02. The smallest absolute Gasteiger partial charge is 0.159 e. The van der Waals surface area contributed by atoms with E-state index in [-0.39, 0.29) is 0 Å². The van der Waals surface area contributed by atoms with E-state index in [4.69, 9.17) is 4.98 Å². The topological polar surface area (TPSA) is 25.8 Å². The zero-order valence-electron chi connectivity index (χ0n) is 13.4. The highest BCUT2D eigenvalue weighted by atomic mass is 79.9. The summed E-state index contributed by atoms with van der Waals surface area (Å²) in [6, 6.07) is 28.5. The maximum atomic E-state index is 4.89. The summed E-state index contributed by atoms with van der Waals surface area (Å²) in [6.45, 7) is 0. The first-order chi connectivity index (χ1) is 12.3. The molecule has 4 aromatic rings. The first-order valence-electron chi connectivity index (χ1n) is 8.05. The predicted molar refractivity (Wildman–Crippen MR) is 106 cm³/mol. The monoisotopic (exact) mass is 386 g/mol. The lowest BCUT2D eigenvalue weighted by Crippen LogP contribution is -1.95. The zero-order valence-corrected chi connectivity index (χ0v) is 15.0. The molecular weight excluding hydrogens is 372 g/mol. The van der Waals surface area contributed by atoms with Gasteiger partial charge in [-0.25, -0.2) is 9.97 Å². The molecule has 4 rings (SSSR count). The number of aromatic nitrogens is 2. The van der Waals surface area contributed by atoms with E-state index in [1.165, 1.54) is 0 Å². The molecule has 0 amide bonds. The SMILES string of the molecule is Brc1ccc(-c2cnc(-c3ccccc3)nc2-c2ccccc2)cc1. The van der Waals surface area contributed by atoms with Crippen LogP contribution in [0.5, 0.6) is 0 Å². The van der Waals surface area contributed by atoms with Gasteiger partial charge >= 0.3 is 0 Å². The maximum absolute atomic E-state index is 4.89. The Bertz CT molecular complexity index is 981. The molecule has 3 heteroatoms. The fourth-order valence-corrected chi connectivity index (χ4v) is 3.03. The lowest BCUT2D eigenvalue weighted by Gasteiger charge is -2.11. The molecule has 0 atom stereocenters. The quantitative estimate of drug-likeness (QED) is 0.416. The number of rotatable bonds is 3. The Morgan fingerprint density at radius 3 is 1.84 bits per heavy atom. The van der Waals surface area contributed by atoms with Crippen molar-refractivity contribution in [2.75, 3.05) is 0 Å². The average Bonchev–Trinajstić information content (AvgIpc) is 2.70. The lowest BCUT2D eigenvalue weighted by atomic mass is 10.0. The van der Waals surface area contributed by atoms with Crippen LogP contribution in [0.2, 0.25) is 0 Å². The van der Waals surface area contributed by atoms with Gasteiger partial charge in [0, 0.05) is 27.4 Å². The van der Waals surface area contributed by atoms with Gasteiger partial charge in [-0.2, -0.15) is 0 Å². The number of hydrogen-bond donors (Lipinski definition) is 0. The van der Waals surface area contributed by atoms with Crippen LogP contribution in [0, 0.1) is 0 Å². The normalized spacial score (nSPS) is 10.6. The standard InChI is InChI=1S/C22H15BrN2/c23-19-13-11-16(12-14-19)20-15-24-22(18-9-5-2-6-10-18)25-21(20)17-7-3-1-4-8-17/h1-15H. The second kappa shape index (κ2) is 6.99. The molecule has 0 N–H and O–H groups in total. The molecule has 120 valence electrons. The van der Waals surface area contributed by atoms with E-state index in [9.17, 15) is 0 Å². The molecule has 0 aliphatic rings. The van der Waals surface area contributed by atoms with Crippen molar-refractivity contribution in [2.45, 2.75) is 0 Å². The van der Waals surface area contributed by atoms with E-state index in [2.05, 4.69) is 45.2 Å². The Hall–Kier alpha value is -2.78. The van der Waals surface area contributed by atoms with E-state index < -0.39 is 0 Å². The fraction of sp³-hybridized carbons (Fsp3) is 0. The lowest BCUT2D eigenvalue weighted by molar-refractivity contribution is 1.18. The van der Waals surface area contributed by atoms with Gasteiger partial charge in [-0.1, -0.05) is 88.7 Å². The predicted octanol–water partition coefficient (Wildman–Crippen LogP) is 6.24. The molecule has 0 spiro atoms. The highest BCUT2D eigenvalue weighted by Crippen LogP contribution is 2.32. The molecule has 0 aliphatic heterocycles. The third-order valence-corrected chi connectivity index (χ3v) is 4.55. The van der Waals surface area contributed by atoms with E-state index >= 15 is 0 Å². The minimum atomic E-state index is 0.736. The van der Waals surface area contributed by atoms with Gasteiger partial charge in [0.1, 0.15) is 0 Å². The largest absolute Gasteiger partial charge is 0.236 e. The molecule has 25 heavy (non-hydrogen) atoms. The molecular formula is C22H15BrN2. The number of benzene rings is 3. The second-order valence-corrected chi connectivity index (χ2v) is 6.61. The Labute approximate surface area is 155 Å². The van der Waals surface area contributed by atoms with Crippen LogP contribution < -0.4 is 0 Å². The Balaban J connectivity index is 1.91. The van der Waals surface area contributed by atoms with Crippen LogP contribution in [-0.4, -0.2) is 9.97 Å². The summed E-state index contributed by atoms with van der Waals surface area (Å²) in [5.41, 5.74) is 5.17. The van der Waals surface area contributed by atoms with Gasteiger partial charge in [-0.15, -0.1) is 0 Å². The van der Waals surface area contributed by atoms with Crippen LogP contribution in [0.25, 0.3) is 33.8 Å². The highest BCUT2D eigenvalue weighted by Gasteiger charge is 2.12. The molecule has 0 bridgehead atoms. The summed E-state index contributed by atoms with van der Waals surface area (Å²) in [5, 5.41) is 0. The van der Waals surface area contributed by atoms with E-state index in [1.54, 1.807) is 0 Å². The van der Waals surface area contributed by atoms with Crippen molar-refractivity contribution in [3.05, 3.63) is 95.6 Å². The molecule has 3 aromatic carbocycles.